The molecule has 0 aliphatic carbocycles. The van der Waals surface area contributed by atoms with Crippen LogP contribution in [0.15, 0.2) is 35.5 Å². The van der Waals surface area contributed by atoms with Crippen LogP contribution in [-0.4, -0.2) is 63.5 Å². The number of nitrogens with zero attached hydrogens (tertiary/aromatic N) is 3. The lowest BCUT2D eigenvalue weighted by atomic mass is 10.1. The molecule has 2 aliphatic heterocycles. The van der Waals surface area contributed by atoms with Crippen LogP contribution in [0, 0.1) is 0 Å². The first-order valence-corrected chi connectivity index (χ1v) is 9.39. The summed E-state index contributed by atoms with van der Waals surface area (Å²) in [7, 11) is 0. The maximum absolute atomic E-state index is 12.8. The maximum Gasteiger partial charge on any atom is 0.410 e. The summed E-state index contributed by atoms with van der Waals surface area (Å²) in [5, 5.41) is 11.8. The Balaban J connectivity index is 1.61. The molecule has 1 N–H and O–H groups in total. The molecule has 0 saturated carbocycles. The van der Waals surface area contributed by atoms with Crippen LogP contribution >= 0.6 is 11.8 Å². The van der Waals surface area contributed by atoms with Gasteiger partial charge in [0.25, 0.3) is 0 Å². The van der Waals surface area contributed by atoms with E-state index in [0.717, 1.165) is 12.0 Å². The Morgan fingerprint density at radius 1 is 1.32 bits per heavy atom. The summed E-state index contributed by atoms with van der Waals surface area (Å²) in [5.74, 6) is 1.13. The zero-order chi connectivity index (χ0) is 17.6. The van der Waals surface area contributed by atoms with Gasteiger partial charge in [-0.2, -0.15) is 0 Å². The van der Waals surface area contributed by atoms with Gasteiger partial charge >= 0.3 is 6.09 Å². The van der Waals surface area contributed by atoms with Crippen molar-refractivity contribution in [1.29, 1.82) is 0 Å². The number of amides is 2. The van der Waals surface area contributed by atoms with Crippen LogP contribution in [0.1, 0.15) is 18.4 Å². The van der Waals surface area contributed by atoms with Crippen LogP contribution in [0.3, 0.4) is 0 Å². The zero-order valence-electron chi connectivity index (χ0n) is 13.8. The summed E-state index contributed by atoms with van der Waals surface area (Å²) in [6.07, 6.45) is 2.31. The molecule has 2 amide bonds. The average Bonchev–Trinajstić information content (AvgIpc) is 3.30. The quantitative estimate of drug-likeness (QED) is 0.503. The molecule has 8 heteroatoms. The number of carbonyl (C=O) groups excluding carboxylic acids is 2. The Bertz CT molecular complexity index is 640. The van der Waals surface area contributed by atoms with Gasteiger partial charge in [0.05, 0.1) is 18.1 Å². The van der Waals surface area contributed by atoms with E-state index in [1.807, 2.05) is 30.3 Å². The lowest BCUT2D eigenvalue weighted by Crippen LogP contribution is -2.50. The third-order valence-electron chi connectivity index (χ3n) is 4.42. The van der Waals surface area contributed by atoms with Crippen molar-refractivity contribution in [2.24, 2.45) is 5.16 Å². The molecule has 2 saturated heterocycles. The summed E-state index contributed by atoms with van der Waals surface area (Å²) in [4.78, 5) is 28.4. The van der Waals surface area contributed by atoms with Crippen LogP contribution < -0.4 is 0 Å². The molecule has 2 fully saturated rings. The largest absolute Gasteiger partial charge is 0.445 e. The van der Waals surface area contributed by atoms with E-state index in [9.17, 15) is 9.59 Å². The number of carbonyl (C=O) groups is 2. The highest BCUT2D eigenvalue weighted by atomic mass is 32.2. The number of rotatable bonds is 4. The Kier molecular flexibility index (Phi) is 5.80. The van der Waals surface area contributed by atoms with Gasteiger partial charge in [-0.05, 0) is 18.4 Å². The van der Waals surface area contributed by atoms with Gasteiger partial charge in [-0.3, -0.25) is 9.69 Å². The normalized spacial score (nSPS) is 23.4. The number of hydrogen-bond donors (Lipinski definition) is 1. The smallest absolute Gasteiger partial charge is 0.410 e. The van der Waals surface area contributed by atoms with Gasteiger partial charge in [-0.1, -0.05) is 35.5 Å². The molecule has 134 valence electrons. The molecular formula is C17H21N3O4S. The molecule has 3 rings (SSSR count). The van der Waals surface area contributed by atoms with Gasteiger partial charge in [-0.25, -0.2) is 4.79 Å². The number of likely N-dealkylation sites (tertiary alicyclic amines) is 1. The molecule has 2 aliphatic rings. The second-order valence-electron chi connectivity index (χ2n) is 6.03. The summed E-state index contributed by atoms with van der Waals surface area (Å²) in [5.41, 5.74) is 0.910. The molecule has 0 radical (unpaired) electrons. The third-order valence-corrected chi connectivity index (χ3v) is 5.46. The van der Waals surface area contributed by atoms with E-state index in [4.69, 9.17) is 9.94 Å². The summed E-state index contributed by atoms with van der Waals surface area (Å²) < 4.78 is 5.37. The molecule has 2 atom stereocenters. The monoisotopic (exact) mass is 363 g/mol. The topological polar surface area (TPSA) is 82.4 Å². The fourth-order valence-corrected chi connectivity index (χ4v) is 4.25. The maximum atomic E-state index is 12.8. The molecular weight excluding hydrogens is 342 g/mol. The third kappa shape index (κ3) is 4.07. The predicted molar refractivity (Wildman–Crippen MR) is 94.6 cm³/mol. The van der Waals surface area contributed by atoms with E-state index in [0.29, 0.717) is 24.6 Å². The van der Waals surface area contributed by atoms with Gasteiger partial charge in [0.1, 0.15) is 12.6 Å². The Labute approximate surface area is 150 Å². The van der Waals surface area contributed by atoms with Crippen LogP contribution in [0.4, 0.5) is 4.79 Å². The van der Waals surface area contributed by atoms with Crippen LogP contribution in [0.2, 0.25) is 0 Å². The minimum atomic E-state index is -0.503. The van der Waals surface area contributed by atoms with Crippen molar-refractivity contribution in [2.75, 3.05) is 18.2 Å². The number of benzene rings is 1. The van der Waals surface area contributed by atoms with Gasteiger partial charge in [0.15, 0.2) is 0 Å². The second kappa shape index (κ2) is 8.24. The molecule has 1 aromatic carbocycles. The van der Waals surface area contributed by atoms with E-state index in [-0.39, 0.29) is 18.6 Å². The minimum absolute atomic E-state index is 0.107. The van der Waals surface area contributed by atoms with E-state index < -0.39 is 12.1 Å². The first-order valence-electron chi connectivity index (χ1n) is 8.24. The molecule has 1 aromatic rings. The number of oxime groups is 1. The molecule has 0 unspecified atom stereocenters. The highest BCUT2D eigenvalue weighted by Gasteiger charge is 2.40. The van der Waals surface area contributed by atoms with E-state index >= 15 is 0 Å². The molecule has 0 spiro atoms. The summed E-state index contributed by atoms with van der Waals surface area (Å²) in [6.45, 7) is 0.709. The Morgan fingerprint density at radius 2 is 2.12 bits per heavy atom. The van der Waals surface area contributed by atoms with Gasteiger partial charge in [-0.15, -0.1) is 11.8 Å². The van der Waals surface area contributed by atoms with E-state index in [1.54, 1.807) is 16.7 Å². The van der Waals surface area contributed by atoms with Crippen molar-refractivity contribution in [2.45, 2.75) is 31.5 Å². The van der Waals surface area contributed by atoms with Gasteiger partial charge < -0.3 is 14.8 Å². The summed E-state index contributed by atoms with van der Waals surface area (Å²) in [6, 6.07) is 8.72. The molecule has 0 aromatic heterocycles. The first kappa shape index (κ1) is 17.6. The van der Waals surface area contributed by atoms with Gasteiger partial charge in [0, 0.05) is 12.3 Å². The SMILES string of the molecule is O=C([C@@H]1CCCN1C(=O)OCc1ccccc1)N1CSC[C@H]1/C=N/O. The lowest BCUT2D eigenvalue weighted by Gasteiger charge is -2.29. The Morgan fingerprint density at radius 3 is 2.88 bits per heavy atom. The average molecular weight is 363 g/mol. The molecule has 7 nitrogen and oxygen atoms in total. The van der Waals surface area contributed by atoms with Crippen molar-refractivity contribution in [3.63, 3.8) is 0 Å². The number of hydrogen-bond acceptors (Lipinski definition) is 6. The van der Waals surface area contributed by atoms with Crippen LogP contribution in [0.25, 0.3) is 0 Å². The first-order chi connectivity index (χ1) is 12.2. The minimum Gasteiger partial charge on any atom is -0.445 e. The predicted octanol–water partition coefficient (Wildman–Crippen LogP) is 2.15. The zero-order valence-corrected chi connectivity index (χ0v) is 14.6. The standard InChI is InChI=1S/C17H21N3O4S/c21-16(20-12-25-11-14(20)9-18-23)15-7-4-8-19(15)17(22)24-10-13-5-2-1-3-6-13/h1-3,5-6,9,14-15,23H,4,7-8,10-12H2/b18-9+/t14-,15+/m1/s1. The highest BCUT2D eigenvalue weighted by molar-refractivity contribution is 7.99. The van der Waals surface area contributed by atoms with Crippen molar-refractivity contribution >= 4 is 30.0 Å². The fraction of sp³-hybridized carbons (Fsp3) is 0.471. The molecule has 25 heavy (non-hydrogen) atoms. The van der Waals surface area contributed by atoms with E-state index in [1.165, 1.54) is 11.1 Å². The second-order valence-corrected chi connectivity index (χ2v) is 7.03. The van der Waals surface area contributed by atoms with Gasteiger partial charge in [0.2, 0.25) is 5.91 Å². The molecule has 0 bridgehead atoms. The fourth-order valence-electron chi connectivity index (χ4n) is 3.12. The Hall–Kier alpha value is -2.22. The van der Waals surface area contributed by atoms with Crippen molar-refractivity contribution in [1.82, 2.24) is 9.80 Å². The summed E-state index contributed by atoms with van der Waals surface area (Å²) >= 11 is 1.60. The highest BCUT2D eigenvalue weighted by Crippen LogP contribution is 2.26. The van der Waals surface area contributed by atoms with Crippen LogP contribution in [0.5, 0.6) is 0 Å². The number of ether oxygens (including phenoxy) is 1. The van der Waals surface area contributed by atoms with Crippen molar-refractivity contribution in [3.8, 4) is 0 Å². The van der Waals surface area contributed by atoms with E-state index in [2.05, 4.69) is 5.16 Å². The lowest BCUT2D eigenvalue weighted by molar-refractivity contribution is -0.134. The van der Waals surface area contributed by atoms with Crippen molar-refractivity contribution in [3.05, 3.63) is 35.9 Å². The van der Waals surface area contributed by atoms with Crippen molar-refractivity contribution < 1.29 is 19.5 Å². The molecule has 2 heterocycles. The number of thioether (sulfide) groups is 1. The van der Waals surface area contributed by atoms with Crippen LogP contribution in [-0.2, 0) is 16.1 Å².